The summed E-state index contributed by atoms with van der Waals surface area (Å²) in [4.78, 5) is 14.5. The van der Waals surface area contributed by atoms with Crippen LogP contribution in [0, 0.1) is 0 Å². The molecule has 1 atom stereocenters. The van der Waals surface area contributed by atoms with Crippen LogP contribution in [0.1, 0.15) is 38.2 Å². The van der Waals surface area contributed by atoms with Crippen molar-refractivity contribution in [3.8, 4) is 0 Å². The third kappa shape index (κ3) is 5.79. The molecule has 1 aromatic carbocycles. The van der Waals surface area contributed by atoms with Crippen LogP contribution in [0.15, 0.2) is 30.3 Å². The van der Waals surface area contributed by atoms with E-state index in [1.807, 2.05) is 30.3 Å². The molecule has 1 aromatic rings. The maximum Gasteiger partial charge on any atom is 0.325 e. The molecule has 0 bridgehead atoms. The number of rotatable bonds is 8. The van der Waals surface area contributed by atoms with E-state index < -0.39 is 22.0 Å². The van der Waals surface area contributed by atoms with Gasteiger partial charge in [-0.3, -0.25) is 4.79 Å². The smallest absolute Gasteiger partial charge is 0.325 e. The predicted molar refractivity (Wildman–Crippen MR) is 102 cm³/mol. The molecule has 2 rings (SSSR count). The van der Waals surface area contributed by atoms with Crippen molar-refractivity contribution in [2.45, 2.75) is 45.2 Å². The maximum absolute atomic E-state index is 12.9. The molecule has 26 heavy (non-hydrogen) atoms. The van der Waals surface area contributed by atoms with Gasteiger partial charge in [0.25, 0.3) is 0 Å². The molecule has 6 nitrogen and oxygen atoms in total. The van der Waals surface area contributed by atoms with E-state index in [2.05, 4.69) is 11.8 Å². The maximum atomic E-state index is 12.9. The molecule has 7 heteroatoms. The van der Waals surface area contributed by atoms with Crippen molar-refractivity contribution in [1.29, 1.82) is 0 Å². The van der Waals surface area contributed by atoms with Gasteiger partial charge in [-0.15, -0.1) is 0 Å². The summed E-state index contributed by atoms with van der Waals surface area (Å²) in [6.07, 6.45) is 4.47. The van der Waals surface area contributed by atoms with Crippen LogP contribution in [0.4, 0.5) is 0 Å². The molecule has 0 aromatic heterocycles. The number of unbranched alkanes of at least 4 members (excludes halogenated alkanes) is 3. The summed E-state index contributed by atoms with van der Waals surface area (Å²) in [7, 11) is -2.23. The zero-order chi connectivity index (χ0) is 19.0. The van der Waals surface area contributed by atoms with Crippen molar-refractivity contribution in [3.05, 3.63) is 35.9 Å². The summed E-state index contributed by atoms with van der Waals surface area (Å²) >= 11 is 0. The molecule has 0 aliphatic carbocycles. The summed E-state index contributed by atoms with van der Waals surface area (Å²) in [5, 5.41) is 0. The first-order valence-electron chi connectivity index (χ1n) is 9.31. The van der Waals surface area contributed by atoms with Crippen LogP contribution in [0.3, 0.4) is 0 Å². The van der Waals surface area contributed by atoms with E-state index in [1.54, 1.807) is 0 Å². The summed E-state index contributed by atoms with van der Waals surface area (Å²) in [6, 6.07) is 8.56. The van der Waals surface area contributed by atoms with Gasteiger partial charge in [0.2, 0.25) is 10.0 Å². The number of methoxy groups -OCH3 is 1. The second-order valence-electron chi connectivity index (χ2n) is 6.75. The molecular formula is C19H30N2O4S. The number of esters is 1. The standard InChI is InChI=1S/C19H30N2O4S/c1-3-4-5-9-12-20-13-14-26(23,24)21(18(16-20)19(22)25-2)15-17-10-7-6-8-11-17/h6-8,10-11,18H,3-5,9,12-16H2,1-2H3. The summed E-state index contributed by atoms with van der Waals surface area (Å²) in [5.74, 6) is -0.467. The highest BCUT2D eigenvalue weighted by molar-refractivity contribution is 7.89. The van der Waals surface area contributed by atoms with Gasteiger partial charge in [-0.05, 0) is 18.5 Å². The fourth-order valence-electron chi connectivity index (χ4n) is 3.25. The molecule has 1 heterocycles. The SMILES string of the molecule is CCCCCCN1CCS(=O)(=O)N(Cc2ccccc2)C(C(=O)OC)C1. The van der Waals surface area contributed by atoms with E-state index in [0.717, 1.165) is 31.4 Å². The lowest BCUT2D eigenvalue weighted by atomic mass is 10.1. The average Bonchev–Trinajstić information content (AvgIpc) is 2.76. The van der Waals surface area contributed by atoms with E-state index in [0.29, 0.717) is 13.1 Å². The number of nitrogens with zero attached hydrogens (tertiary/aromatic N) is 2. The van der Waals surface area contributed by atoms with Crippen molar-refractivity contribution in [1.82, 2.24) is 9.21 Å². The molecule has 146 valence electrons. The highest BCUT2D eigenvalue weighted by Gasteiger charge is 2.39. The number of hydrogen-bond acceptors (Lipinski definition) is 5. The molecular weight excluding hydrogens is 352 g/mol. The van der Waals surface area contributed by atoms with Gasteiger partial charge in [0.1, 0.15) is 6.04 Å². The van der Waals surface area contributed by atoms with Gasteiger partial charge < -0.3 is 9.64 Å². The van der Waals surface area contributed by atoms with Gasteiger partial charge in [0.15, 0.2) is 0 Å². The first-order chi connectivity index (χ1) is 12.5. The Morgan fingerprint density at radius 2 is 1.92 bits per heavy atom. The van der Waals surface area contributed by atoms with Gasteiger partial charge >= 0.3 is 5.97 Å². The molecule has 0 amide bonds. The third-order valence-corrected chi connectivity index (χ3v) is 6.58. The first-order valence-corrected chi connectivity index (χ1v) is 10.9. The van der Waals surface area contributed by atoms with E-state index >= 15 is 0 Å². The van der Waals surface area contributed by atoms with E-state index in [1.165, 1.54) is 17.8 Å². The number of benzene rings is 1. The Bertz CT molecular complexity index is 663. The molecule has 0 radical (unpaired) electrons. The van der Waals surface area contributed by atoms with Gasteiger partial charge in [0.05, 0.1) is 12.9 Å². The molecule has 1 saturated heterocycles. The second-order valence-corrected chi connectivity index (χ2v) is 8.79. The van der Waals surface area contributed by atoms with Crippen LogP contribution in [0.5, 0.6) is 0 Å². The van der Waals surface area contributed by atoms with E-state index in [-0.39, 0.29) is 12.3 Å². The Morgan fingerprint density at radius 3 is 2.58 bits per heavy atom. The van der Waals surface area contributed by atoms with Gasteiger partial charge in [0, 0.05) is 19.6 Å². The lowest BCUT2D eigenvalue weighted by molar-refractivity contribution is -0.145. The Labute approximate surface area is 157 Å². The third-order valence-electron chi connectivity index (χ3n) is 4.78. The molecule has 1 unspecified atom stereocenters. The quantitative estimate of drug-likeness (QED) is 0.510. The molecule has 0 spiro atoms. The van der Waals surface area contributed by atoms with Crippen molar-refractivity contribution in [3.63, 3.8) is 0 Å². The van der Waals surface area contributed by atoms with Gasteiger partial charge in [-0.1, -0.05) is 56.5 Å². The Morgan fingerprint density at radius 1 is 1.19 bits per heavy atom. The lowest BCUT2D eigenvalue weighted by Crippen LogP contribution is -2.48. The summed E-state index contributed by atoms with van der Waals surface area (Å²) in [6.45, 7) is 3.99. The van der Waals surface area contributed by atoms with Crippen molar-refractivity contribution >= 4 is 16.0 Å². The number of carbonyl (C=O) groups is 1. The monoisotopic (exact) mass is 382 g/mol. The first kappa shape index (κ1) is 20.9. The number of ether oxygens (including phenoxy) is 1. The van der Waals surface area contributed by atoms with Crippen LogP contribution in [-0.4, -0.2) is 62.1 Å². The van der Waals surface area contributed by atoms with E-state index in [9.17, 15) is 13.2 Å². The van der Waals surface area contributed by atoms with Crippen molar-refractivity contribution in [2.24, 2.45) is 0 Å². The lowest BCUT2D eigenvalue weighted by Gasteiger charge is -2.28. The minimum atomic E-state index is -3.54. The molecule has 0 N–H and O–H groups in total. The van der Waals surface area contributed by atoms with Crippen LogP contribution in [-0.2, 0) is 26.1 Å². The van der Waals surface area contributed by atoms with Gasteiger partial charge in [-0.2, -0.15) is 4.31 Å². The average molecular weight is 383 g/mol. The minimum Gasteiger partial charge on any atom is -0.468 e. The Kier molecular flexibility index (Phi) is 8.06. The van der Waals surface area contributed by atoms with Crippen LogP contribution < -0.4 is 0 Å². The van der Waals surface area contributed by atoms with Gasteiger partial charge in [-0.25, -0.2) is 8.42 Å². The minimum absolute atomic E-state index is 0.0289. The van der Waals surface area contributed by atoms with Crippen molar-refractivity contribution in [2.75, 3.05) is 32.5 Å². The van der Waals surface area contributed by atoms with Crippen LogP contribution in [0.25, 0.3) is 0 Å². The highest BCUT2D eigenvalue weighted by Crippen LogP contribution is 2.20. The fourth-order valence-corrected chi connectivity index (χ4v) is 4.86. The zero-order valence-corrected chi connectivity index (χ0v) is 16.6. The van der Waals surface area contributed by atoms with Crippen LogP contribution in [0.2, 0.25) is 0 Å². The topological polar surface area (TPSA) is 66.9 Å². The fraction of sp³-hybridized carbons (Fsp3) is 0.632. The summed E-state index contributed by atoms with van der Waals surface area (Å²) < 4.78 is 31.9. The number of sulfonamides is 1. The second kappa shape index (κ2) is 10.0. The number of hydrogen-bond donors (Lipinski definition) is 0. The Balaban J connectivity index is 2.18. The summed E-state index contributed by atoms with van der Waals surface area (Å²) in [5.41, 5.74) is 0.862. The molecule has 0 saturated carbocycles. The molecule has 1 fully saturated rings. The molecule has 1 aliphatic heterocycles. The highest BCUT2D eigenvalue weighted by atomic mass is 32.2. The number of carbonyl (C=O) groups excluding carboxylic acids is 1. The predicted octanol–water partition coefficient (Wildman–Crippen LogP) is 2.26. The van der Waals surface area contributed by atoms with Crippen molar-refractivity contribution < 1.29 is 17.9 Å². The zero-order valence-electron chi connectivity index (χ0n) is 15.8. The Hall–Kier alpha value is -1.44. The molecule has 1 aliphatic rings. The van der Waals surface area contributed by atoms with E-state index in [4.69, 9.17) is 4.74 Å². The van der Waals surface area contributed by atoms with Crippen LogP contribution >= 0.6 is 0 Å². The largest absolute Gasteiger partial charge is 0.468 e. The normalized spacial score (nSPS) is 21.2.